The van der Waals surface area contributed by atoms with E-state index in [9.17, 15) is 14.4 Å². The Balaban J connectivity index is 1.92. The average Bonchev–Trinajstić information content (AvgIpc) is 2.97. The Kier molecular flexibility index (Phi) is 12.2. The SMILES string of the molecule is [B]=C1NC(C(C)C)C(=O)NC(C)C(=O)N2CCCC(N2)C(=O)N[C@H](C(C)C)c2cccc(c2)OC/C=C/C(OC)C1C. The Morgan fingerprint density at radius 3 is 2.38 bits per heavy atom. The molecule has 2 aliphatic heterocycles. The van der Waals surface area contributed by atoms with Crippen molar-refractivity contribution in [2.24, 2.45) is 17.8 Å². The number of rotatable bonds is 3. The summed E-state index contributed by atoms with van der Waals surface area (Å²) in [5.41, 5.74) is 4.43. The van der Waals surface area contributed by atoms with Crippen LogP contribution in [0.25, 0.3) is 0 Å². The first-order chi connectivity index (χ1) is 19.9. The van der Waals surface area contributed by atoms with Crippen LogP contribution in [-0.4, -0.2) is 80.3 Å². The number of carbonyl (C=O) groups excluding carboxylic acids is 3. The first-order valence-corrected chi connectivity index (χ1v) is 14.9. The van der Waals surface area contributed by atoms with Crippen LogP contribution in [0.5, 0.6) is 5.75 Å². The fourth-order valence-corrected chi connectivity index (χ4v) is 5.23. The summed E-state index contributed by atoms with van der Waals surface area (Å²) in [6.45, 7) is 12.2. The topological polar surface area (TPSA) is 121 Å². The van der Waals surface area contributed by atoms with Gasteiger partial charge in [-0.3, -0.25) is 0 Å². The number of fused-ring (bicyclic) bond motifs is 4. The van der Waals surface area contributed by atoms with Crippen molar-refractivity contribution in [3.8, 4) is 5.75 Å². The summed E-state index contributed by atoms with van der Waals surface area (Å²) in [7, 11) is 8.04. The summed E-state index contributed by atoms with van der Waals surface area (Å²) in [5.74, 6) is -0.418. The summed E-state index contributed by atoms with van der Waals surface area (Å²) in [4.78, 5) is 40.1. The van der Waals surface area contributed by atoms with Crippen molar-refractivity contribution in [2.75, 3.05) is 20.3 Å². The van der Waals surface area contributed by atoms with Crippen LogP contribution >= 0.6 is 0 Å². The number of hydrazine groups is 1. The van der Waals surface area contributed by atoms with E-state index in [1.807, 2.05) is 71.0 Å². The summed E-state index contributed by atoms with van der Waals surface area (Å²) < 4.78 is 11.7. The van der Waals surface area contributed by atoms with E-state index in [1.165, 1.54) is 5.01 Å². The standard InChI is InChI=1S/C31H47BN5O5/c1-18(2)26-22-11-8-12-23(17-22)42-16-10-14-25(41-7)20(5)28(32)34-27(19(3)4)30(39)33-21(6)31(40)37-15-9-13-24(36-37)29(38)35-26/h8,10-12,14,17-21,24-27,34,36H,9,13,15-16H2,1-7H3,(H,33,39)(H,35,38)/b14-10+/t20?,21?,24?,25?,26-,27?/m1/s1. The van der Waals surface area contributed by atoms with Crippen molar-refractivity contribution in [3.63, 3.8) is 0 Å². The molecule has 10 nitrogen and oxygen atoms in total. The van der Waals surface area contributed by atoms with Crippen molar-refractivity contribution in [3.05, 3.63) is 42.0 Å². The molecule has 0 aromatic heterocycles. The van der Waals surface area contributed by atoms with Crippen LogP contribution in [0.1, 0.15) is 66.0 Å². The van der Waals surface area contributed by atoms with E-state index in [4.69, 9.17) is 17.0 Å². The molecule has 1 radical (unpaired) electrons. The molecule has 1 aromatic carbocycles. The molecule has 1 fully saturated rings. The van der Waals surface area contributed by atoms with Gasteiger partial charge in [-0.15, -0.1) is 0 Å². The predicted molar refractivity (Wildman–Crippen MR) is 165 cm³/mol. The zero-order chi connectivity index (χ0) is 31.0. The number of amides is 3. The van der Waals surface area contributed by atoms with Crippen LogP contribution in [0, 0.1) is 17.8 Å². The molecule has 0 aliphatic carbocycles. The van der Waals surface area contributed by atoms with E-state index in [0.717, 1.165) is 5.56 Å². The Morgan fingerprint density at radius 2 is 1.71 bits per heavy atom. The molecule has 6 atom stereocenters. The van der Waals surface area contributed by atoms with Gasteiger partial charge < -0.3 is 0 Å². The summed E-state index contributed by atoms with van der Waals surface area (Å²) in [6.07, 6.45) is 4.64. The van der Waals surface area contributed by atoms with E-state index in [0.29, 0.717) is 37.3 Å². The first kappa shape index (κ1) is 33.3. The van der Waals surface area contributed by atoms with Crippen molar-refractivity contribution in [1.82, 2.24) is 26.4 Å². The molecule has 11 heteroatoms. The van der Waals surface area contributed by atoms with Gasteiger partial charge in [0.05, 0.1) is 0 Å². The minimum atomic E-state index is -0.813. The molecule has 3 rings (SSSR count). The number of nitrogens with zero attached hydrogens (tertiary/aromatic N) is 1. The molecule has 2 aliphatic rings. The summed E-state index contributed by atoms with van der Waals surface area (Å²) in [5, 5.41) is 10.6. The molecule has 3 amide bonds. The molecule has 0 spiro atoms. The third-order valence-corrected chi connectivity index (χ3v) is 7.88. The van der Waals surface area contributed by atoms with Gasteiger partial charge in [0.2, 0.25) is 0 Å². The van der Waals surface area contributed by atoms with Gasteiger partial charge in [0.1, 0.15) is 0 Å². The zero-order valence-corrected chi connectivity index (χ0v) is 26.0. The summed E-state index contributed by atoms with van der Waals surface area (Å²) >= 11 is 0. The minimum absolute atomic E-state index is 0.111. The molecule has 4 N–H and O–H groups in total. The molecule has 1 aromatic rings. The molecule has 229 valence electrons. The Hall–Kier alpha value is -3.18. The van der Waals surface area contributed by atoms with Crippen LogP contribution in [0.15, 0.2) is 36.4 Å². The quantitative estimate of drug-likeness (QED) is 0.319. The number of ether oxygens (including phenoxy) is 2. The van der Waals surface area contributed by atoms with E-state index >= 15 is 0 Å². The number of hydrogen-bond acceptors (Lipinski definition) is 7. The van der Waals surface area contributed by atoms with Gasteiger partial charge in [-0.05, 0) is 0 Å². The van der Waals surface area contributed by atoms with Crippen LogP contribution in [-0.2, 0) is 19.1 Å². The third kappa shape index (κ3) is 8.67. The van der Waals surface area contributed by atoms with Crippen LogP contribution in [0.3, 0.4) is 0 Å². The molecule has 42 heavy (non-hydrogen) atoms. The fraction of sp³-hybridized carbons (Fsp3) is 0.613. The molecule has 4 bridgehead atoms. The maximum absolute atomic E-state index is 13.4. The monoisotopic (exact) mass is 580 g/mol. The molecule has 5 unspecified atom stereocenters. The molecule has 2 heterocycles. The van der Waals surface area contributed by atoms with Gasteiger partial charge in [0, 0.05) is 0 Å². The number of carbonyl (C=O) groups is 3. The molecular weight excluding hydrogens is 533 g/mol. The van der Waals surface area contributed by atoms with Gasteiger partial charge >= 0.3 is 238 Å². The van der Waals surface area contributed by atoms with Crippen molar-refractivity contribution < 1.29 is 23.9 Å². The average molecular weight is 581 g/mol. The predicted octanol–water partition coefficient (Wildman–Crippen LogP) is 2.01. The second-order valence-electron chi connectivity index (χ2n) is 11.9. The second-order valence-corrected chi connectivity index (χ2v) is 11.9. The fourth-order valence-electron chi connectivity index (χ4n) is 5.23. The van der Waals surface area contributed by atoms with Gasteiger partial charge in [0.15, 0.2) is 0 Å². The van der Waals surface area contributed by atoms with E-state index in [1.54, 1.807) is 14.0 Å². The van der Waals surface area contributed by atoms with Gasteiger partial charge in [-0.1, -0.05) is 13.8 Å². The van der Waals surface area contributed by atoms with Gasteiger partial charge in [0.25, 0.3) is 0 Å². The van der Waals surface area contributed by atoms with E-state index in [-0.39, 0.29) is 47.6 Å². The van der Waals surface area contributed by atoms with Crippen molar-refractivity contribution in [1.29, 1.82) is 0 Å². The van der Waals surface area contributed by atoms with E-state index < -0.39 is 18.1 Å². The van der Waals surface area contributed by atoms with Crippen LogP contribution in [0.4, 0.5) is 0 Å². The van der Waals surface area contributed by atoms with E-state index in [2.05, 4.69) is 21.4 Å². The maximum atomic E-state index is 13.4. The third-order valence-electron chi connectivity index (χ3n) is 7.88. The number of benzene rings is 1. The number of hydrogen-bond donors (Lipinski definition) is 4. The Bertz CT molecular complexity index is 1140. The van der Waals surface area contributed by atoms with Crippen LogP contribution in [0.2, 0.25) is 0 Å². The van der Waals surface area contributed by atoms with Gasteiger partial charge in [-0.2, -0.15) is 0 Å². The Morgan fingerprint density at radius 1 is 1.00 bits per heavy atom. The number of methoxy groups -OCH3 is 1. The number of nitrogens with one attached hydrogen (secondary N) is 4. The first-order valence-electron chi connectivity index (χ1n) is 14.9. The molecule has 0 saturated carbocycles. The normalized spacial score (nSPS) is 29.5. The summed E-state index contributed by atoms with van der Waals surface area (Å²) in [6, 6.07) is 5.39. The molecule has 1 saturated heterocycles. The Labute approximate surface area is 251 Å². The molecular formula is C31H47BN5O5. The second kappa shape index (κ2) is 15.3. The van der Waals surface area contributed by atoms with Crippen molar-refractivity contribution >= 4 is 30.8 Å². The van der Waals surface area contributed by atoms with Gasteiger partial charge in [-0.25, -0.2) is 0 Å². The van der Waals surface area contributed by atoms with Crippen LogP contribution < -0.4 is 26.1 Å². The van der Waals surface area contributed by atoms with Crippen molar-refractivity contribution in [2.45, 2.75) is 84.7 Å². The zero-order valence-electron chi connectivity index (χ0n) is 26.0.